The van der Waals surface area contributed by atoms with E-state index in [1.54, 1.807) is 25.3 Å². The van der Waals surface area contributed by atoms with Gasteiger partial charge >= 0.3 is 0 Å². The molecule has 5 nitrogen and oxygen atoms in total. The number of sulfonamides is 1. The van der Waals surface area contributed by atoms with Crippen LogP contribution in [0.4, 0.5) is 0 Å². The van der Waals surface area contributed by atoms with Crippen molar-refractivity contribution in [2.75, 3.05) is 20.2 Å². The predicted molar refractivity (Wildman–Crippen MR) is 101 cm³/mol. The van der Waals surface area contributed by atoms with E-state index < -0.39 is 10.0 Å². The molecule has 1 aliphatic heterocycles. The standard InChI is InChI=1S/C18H21BrN2O3S/c1-24-18-8-7-16(11-17(18)19)25(22,23)20-15-9-10-21(13-15)12-14-5-3-2-4-6-14/h2-8,11,15,20H,9-10,12-13H2,1H3. The van der Waals surface area contributed by atoms with Crippen LogP contribution in [0.25, 0.3) is 0 Å². The lowest BCUT2D eigenvalue weighted by Crippen LogP contribution is -2.36. The summed E-state index contributed by atoms with van der Waals surface area (Å²) in [4.78, 5) is 2.51. The molecule has 0 radical (unpaired) electrons. The largest absolute Gasteiger partial charge is 0.496 e. The second-order valence-corrected chi connectivity index (χ2v) is 8.69. The number of hydrogen-bond donors (Lipinski definition) is 1. The molecular weight excluding hydrogens is 404 g/mol. The topological polar surface area (TPSA) is 58.6 Å². The van der Waals surface area contributed by atoms with Crippen molar-refractivity contribution < 1.29 is 13.2 Å². The molecule has 2 aromatic carbocycles. The van der Waals surface area contributed by atoms with Crippen LogP contribution < -0.4 is 9.46 Å². The number of rotatable bonds is 6. The summed E-state index contributed by atoms with van der Waals surface area (Å²) in [7, 11) is -2.00. The lowest BCUT2D eigenvalue weighted by Gasteiger charge is -2.17. The van der Waals surface area contributed by atoms with Crippen molar-refractivity contribution in [1.29, 1.82) is 0 Å². The van der Waals surface area contributed by atoms with Crippen LogP contribution in [0.2, 0.25) is 0 Å². The molecule has 1 saturated heterocycles. The van der Waals surface area contributed by atoms with E-state index in [1.165, 1.54) is 5.56 Å². The maximum absolute atomic E-state index is 12.6. The maximum atomic E-state index is 12.6. The van der Waals surface area contributed by atoms with Crippen LogP contribution in [0.5, 0.6) is 5.75 Å². The molecule has 1 aliphatic rings. The number of nitrogens with zero attached hydrogens (tertiary/aromatic N) is 1. The molecule has 2 aromatic rings. The normalized spacial score (nSPS) is 18.4. The zero-order valence-electron chi connectivity index (χ0n) is 14.0. The Morgan fingerprint density at radius 1 is 1.24 bits per heavy atom. The smallest absolute Gasteiger partial charge is 0.240 e. The maximum Gasteiger partial charge on any atom is 0.240 e. The molecule has 0 aromatic heterocycles. The minimum atomic E-state index is -3.55. The van der Waals surface area contributed by atoms with Gasteiger partial charge in [0.25, 0.3) is 0 Å². The Hall–Kier alpha value is -1.41. The number of hydrogen-bond acceptors (Lipinski definition) is 4. The molecule has 134 valence electrons. The zero-order valence-corrected chi connectivity index (χ0v) is 16.4. The molecule has 0 bridgehead atoms. The highest BCUT2D eigenvalue weighted by Gasteiger charge is 2.27. The van der Waals surface area contributed by atoms with Gasteiger partial charge in [0.05, 0.1) is 16.5 Å². The Labute approximate surface area is 157 Å². The van der Waals surface area contributed by atoms with Gasteiger partial charge in [0.2, 0.25) is 10.0 Å². The molecule has 0 amide bonds. The van der Waals surface area contributed by atoms with E-state index in [9.17, 15) is 8.42 Å². The Morgan fingerprint density at radius 2 is 2.00 bits per heavy atom. The highest BCUT2D eigenvalue weighted by atomic mass is 79.9. The number of ether oxygens (including phenoxy) is 1. The monoisotopic (exact) mass is 424 g/mol. The van der Waals surface area contributed by atoms with E-state index in [0.29, 0.717) is 16.8 Å². The van der Waals surface area contributed by atoms with E-state index in [-0.39, 0.29) is 10.9 Å². The van der Waals surface area contributed by atoms with Gasteiger partial charge < -0.3 is 4.74 Å². The number of halogens is 1. The quantitative estimate of drug-likeness (QED) is 0.773. The fourth-order valence-electron chi connectivity index (χ4n) is 3.02. The minimum absolute atomic E-state index is 0.0745. The van der Waals surface area contributed by atoms with Gasteiger partial charge in [-0.1, -0.05) is 30.3 Å². The number of likely N-dealkylation sites (tertiary alicyclic amines) is 1. The van der Waals surface area contributed by atoms with Gasteiger partial charge in [-0.2, -0.15) is 0 Å². The summed E-state index contributed by atoms with van der Waals surface area (Å²) in [6.45, 7) is 2.44. The molecule has 25 heavy (non-hydrogen) atoms. The molecule has 1 unspecified atom stereocenters. The van der Waals surface area contributed by atoms with Crippen molar-refractivity contribution in [3.63, 3.8) is 0 Å². The predicted octanol–water partition coefficient (Wildman–Crippen LogP) is 3.01. The first-order chi connectivity index (χ1) is 12.0. The number of methoxy groups -OCH3 is 1. The number of benzene rings is 2. The second-order valence-electron chi connectivity index (χ2n) is 6.12. The van der Waals surface area contributed by atoms with E-state index in [1.807, 2.05) is 18.2 Å². The average Bonchev–Trinajstić information content (AvgIpc) is 3.02. The van der Waals surface area contributed by atoms with Crippen LogP contribution in [0, 0.1) is 0 Å². The van der Waals surface area contributed by atoms with Gasteiger partial charge in [0, 0.05) is 25.7 Å². The van der Waals surface area contributed by atoms with Crippen LogP contribution in [0.15, 0.2) is 57.9 Å². The SMILES string of the molecule is COc1ccc(S(=O)(=O)NC2CCN(Cc3ccccc3)C2)cc1Br. The second kappa shape index (κ2) is 7.86. The van der Waals surface area contributed by atoms with Crippen molar-refractivity contribution in [1.82, 2.24) is 9.62 Å². The minimum Gasteiger partial charge on any atom is -0.496 e. The summed E-state index contributed by atoms with van der Waals surface area (Å²) in [6.07, 6.45) is 0.809. The van der Waals surface area contributed by atoms with Gasteiger partial charge in [0.1, 0.15) is 5.75 Å². The highest BCUT2D eigenvalue weighted by molar-refractivity contribution is 9.10. The molecule has 1 heterocycles. The summed E-state index contributed by atoms with van der Waals surface area (Å²) < 4.78 is 33.8. The van der Waals surface area contributed by atoms with E-state index in [4.69, 9.17) is 4.74 Å². The summed E-state index contributed by atoms with van der Waals surface area (Å²) >= 11 is 3.33. The van der Waals surface area contributed by atoms with Crippen LogP contribution >= 0.6 is 15.9 Å². The molecule has 3 rings (SSSR count). The first-order valence-corrected chi connectivity index (χ1v) is 10.4. The van der Waals surface area contributed by atoms with E-state index >= 15 is 0 Å². The van der Waals surface area contributed by atoms with E-state index in [0.717, 1.165) is 19.5 Å². The molecule has 1 N–H and O–H groups in total. The van der Waals surface area contributed by atoms with E-state index in [2.05, 4.69) is 37.7 Å². The van der Waals surface area contributed by atoms with Gasteiger partial charge in [-0.3, -0.25) is 4.90 Å². The van der Waals surface area contributed by atoms with Gasteiger partial charge in [-0.05, 0) is 46.1 Å². The molecule has 7 heteroatoms. The summed E-state index contributed by atoms with van der Waals surface area (Å²) in [6, 6.07) is 14.9. The third kappa shape index (κ3) is 4.61. The molecule has 0 saturated carbocycles. The van der Waals surface area contributed by atoms with Gasteiger partial charge in [-0.25, -0.2) is 13.1 Å². The Balaban J connectivity index is 1.63. The summed E-state index contributed by atoms with van der Waals surface area (Å²) in [5.74, 6) is 0.605. The van der Waals surface area contributed by atoms with Crippen LogP contribution in [0.1, 0.15) is 12.0 Å². The molecule has 1 fully saturated rings. The fourth-order valence-corrected chi connectivity index (χ4v) is 5.00. The zero-order chi connectivity index (χ0) is 17.9. The van der Waals surface area contributed by atoms with Crippen molar-refractivity contribution in [3.05, 3.63) is 58.6 Å². The third-order valence-electron chi connectivity index (χ3n) is 4.28. The third-order valence-corrected chi connectivity index (χ3v) is 6.41. The first-order valence-electron chi connectivity index (χ1n) is 8.10. The Bertz CT molecular complexity index is 827. The summed E-state index contributed by atoms with van der Waals surface area (Å²) in [5.41, 5.74) is 1.24. The Morgan fingerprint density at radius 3 is 2.68 bits per heavy atom. The average molecular weight is 425 g/mol. The lowest BCUT2D eigenvalue weighted by molar-refractivity contribution is 0.324. The van der Waals surface area contributed by atoms with Crippen molar-refractivity contribution >= 4 is 26.0 Å². The van der Waals surface area contributed by atoms with Crippen LogP contribution in [0.3, 0.4) is 0 Å². The lowest BCUT2D eigenvalue weighted by atomic mass is 10.2. The Kier molecular flexibility index (Phi) is 5.78. The van der Waals surface area contributed by atoms with Crippen molar-refractivity contribution in [2.24, 2.45) is 0 Å². The van der Waals surface area contributed by atoms with Crippen molar-refractivity contribution in [2.45, 2.75) is 23.9 Å². The van der Waals surface area contributed by atoms with Gasteiger partial charge in [0.15, 0.2) is 0 Å². The summed E-state index contributed by atoms with van der Waals surface area (Å²) in [5, 5.41) is 0. The number of nitrogens with one attached hydrogen (secondary N) is 1. The molecule has 0 spiro atoms. The first kappa shape index (κ1) is 18.4. The molecule has 0 aliphatic carbocycles. The fraction of sp³-hybridized carbons (Fsp3) is 0.333. The van der Waals surface area contributed by atoms with Crippen LogP contribution in [-0.4, -0.2) is 39.6 Å². The highest BCUT2D eigenvalue weighted by Crippen LogP contribution is 2.27. The molecular formula is C18H21BrN2O3S. The van der Waals surface area contributed by atoms with Crippen LogP contribution in [-0.2, 0) is 16.6 Å². The van der Waals surface area contributed by atoms with Crippen molar-refractivity contribution in [3.8, 4) is 5.75 Å². The van der Waals surface area contributed by atoms with Gasteiger partial charge in [-0.15, -0.1) is 0 Å². The molecule has 1 atom stereocenters.